The number of nitrogens with one attached hydrogen (secondary N) is 1. The Morgan fingerprint density at radius 1 is 1.19 bits per heavy atom. The molecule has 0 fully saturated rings. The lowest BCUT2D eigenvalue weighted by Crippen LogP contribution is -2.36. The van der Waals surface area contributed by atoms with Crippen LogP contribution in [0.5, 0.6) is 0 Å². The minimum absolute atomic E-state index is 0.0371. The molecule has 0 aromatic heterocycles. The highest BCUT2D eigenvalue weighted by Gasteiger charge is 2.17. The number of allylic oxidation sites excluding steroid dienone is 1. The molecule has 0 saturated carbocycles. The van der Waals surface area contributed by atoms with E-state index in [0.29, 0.717) is 5.56 Å². The van der Waals surface area contributed by atoms with Crippen molar-refractivity contribution in [2.24, 2.45) is 10.3 Å². The van der Waals surface area contributed by atoms with Crippen molar-refractivity contribution in [2.75, 3.05) is 6.54 Å². The van der Waals surface area contributed by atoms with E-state index >= 15 is 0 Å². The van der Waals surface area contributed by atoms with Crippen LogP contribution in [-0.4, -0.2) is 17.8 Å². The van der Waals surface area contributed by atoms with E-state index < -0.39 is 0 Å². The van der Waals surface area contributed by atoms with Crippen molar-refractivity contribution in [3.63, 3.8) is 0 Å². The normalized spacial score (nSPS) is 16.1. The average Bonchev–Trinajstić information content (AvgIpc) is 3.16. The molecule has 138 valence electrons. The predicted molar refractivity (Wildman–Crippen MR) is 107 cm³/mol. The first-order valence-corrected chi connectivity index (χ1v) is 9.46. The summed E-state index contributed by atoms with van der Waals surface area (Å²) in [6.45, 7) is 3.01. The first kappa shape index (κ1) is 18.8. The zero-order chi connectivity index (χ0) is 18.9. The number of unbranched alkanes of at least 4 members (excludes halogenated alkanes) is 1. The van der Waals surface area contributed by atoms with Gasteiger partial charge >= 0.3 is 0 Å². The van der Waals surface area contributed by atoms with Crippen LogP contribution in [0, 0.1) is 11.3 Å². The Balaban J connectivity index is 1.38. The SMILES string of the molecule is CCc1ccccc1/C=C/CCCN1N=NC(Cc2ccc(C#N)cc2)N1. The van der Waals surface area contributed by atoms with E-state index in [0.717, 1.165) is 37.8 Å². The summed E-state index contributed by atoms with van der Waals surface area (Å²) >= 11 is 0. The summed E-state index contributed by atoms with van der Waals surface area (Å²) in [6, 6.07) is 18.3. The molecule has 1 atom stereocenters. The third-order valence-electron chi connectivity index (χ3n) is 4.58. The van der Waals surface area contributed by atoms with Crippen LogP contribution < -0.4 is 5.43 Å². The van der Waals surface area contributed by atoms with Crippen LogP contribution in [0.3, 0.4) is 0 Å². The molecule has 2 aromatic rings. The molecule has 0 spiro atoms. The van der Waals surface area contributed by atoms with Gasteiger partial charge in [-0.25, -0.2) is 5.12 Å². The van der Waals surface area contributed by atoms with Gasteiger partial charge in [-0.2, -0.15) is 10.7 Å². The Morgan fingerprint density at radius 2 is 2.00 bits per heavy atom. The summed E-state index contributed by atoms with van der Waals surface area (Å²) in [6.07, 6.45) is 8.25. The standard InChI is InChI=1S/C22H25N5/c1-2-20-8-5-6-10-21(20)9-4-3-7-15-27-25-22(24-26-27)16-18-11-13-19(17-23)14-12-18/h4-6,8-14,22,25H,2-3,7,15-16H2,1H3/b9-4+. The van der Waals surface area contributed by atoms with Crippen molar-refractivity contribution in [3.05, 3.63) is 76.9 Å². The number of hydrogen-bond acceptors (Lipinski definition) is 5. The van der Waals surface area contributed by atoms with Gasteiger partial charge in [-0.05, 0) is 48.1 Å². The number of hydrazine groups is 1. The Labute approximate surface area is 161 Å². The van der Waals surface area contributed by atoms with Crippen molar-refractivity contribution in [3.8, 4) is 6.07 Å². The molecule has 3 rings (SSSR count). The van der Waals surface area contributed by atoms with Gasteiger partial charge in [0.15, 0.2) is 0 Å². The van der Waals surface area contributed by atoms with Gasteiger partial charge in [0.2, 0.25) is 0 Å². The van der Waals surface area contributed by atoms with Gasteiger partial charge in [-0.3, -0.25) is 0 Å². The molecule has 0 saturated heterocycles. The highest BCUT2D eigenvalue weighted by Crippen LogP contribution is 2.14. The molecule has 0 bridgehead atoms. The summed E-state index contributed by atoms with van der Waals surface area (Å²) in [4.78, 5) is 0. The number of nitriles is 1. The van der Waals surface area contributed by atoms with E-state index in [1.165, 1.54) is 11.1 Å². The molecule has 27 heavy (non-hydrogen) atoms. The third kappa shape index (κ3) is 5.50. The highest BCUT2D eigenvalue weighted by molar-refractivity contribution is 5.53. The number of benzene rings is 2. The molecule has 1 aliphatic rings. The highest BCUT2D eigenvalue weighted by atomic mass is 15.8. The monoisotopic (exact) mass is 359 g/mol. The number of hydrogen-bond donors (Lipinski definition) is 1. The van der Waals surface area contributed by atoms with E-state index in [9.17, 15) is 0 Å². The maximum atomic E-state index is 8.85. The molecule has 2 aromatic carbocycles. The summed E-state index contributed by atoms with van der Waals surface area (Å²) in [5.41, 5.74) is 7.82. The van der Waals surface area contributed by atoms with Gasteiger partial charge < -0.3 is 0 Å². The number of nitrogens with zero attached hydrogens (tertiary/aromatic N) is 4. The van der Waals surface area contributed by atoms with Gasteiger partial charge in [0.25, 0.3) is 0 Å². The topological polar surface area (TPSA) is 63.8 Å². The summed E-state index contributed by atoms with van der Waals surface area (Å²) in [7, 11) is 0. The number of aryl methyl sites for hydroxylation is 1. The maximum Gasteiger partial charge on any atom is 0.145 e. The molecular formula is C22H25N5. The van der Waals surface area contributed by atoms with Crippen molar-refractivity contribution in [1.82, 2.24) is 10.5 Å². The first-order valence-electron chi connectivity index (χ1n) is 9.46. The van der Waals surface area contributed by atoms with E-state index in [4.69, 9.17) is 5.26 Å². The van der Waals surface area contributed by atoms with Crippen LogP contribution in [0.2, 0.25) is 0 Å². The minimum Gasteiger partial charge on any atom is -0.209 e. The molecule has 5 heteroatoms. The number of rotatable bonds is 8. The van der Waals surface area contributed by atoms with Crippen LogP contribution >= 0.6 is 0 Å². The Hall–Kier alpha value is -2.97. The quantitative estimate of drug-likeness (QED) is 0.697. The average molecular weight is 359 g/mol. The summed E-state index contributed by atoms with van der Waals surface area (Å²) in [5.74, 6) is 0. The Bertz CT molecular complexity index is 833. The fourth-order valence-corrected chi connectivity index (χ4v) is 3.07. The largest absolute Gasteiger partial charge is 0.209 e. The van der Waals surface area contributed by atoms with E-state index in [2.05, 4.69) is 65.2 Å². The Morgan fingerprint density at radius 3 is 2.78 bits per heavy atom. The summed E-state index contributed by atoms with van der Waals surface area (Å²) < 4.78 is 0. The molecule has 1 aliphatic heterocycles. The van der Waals surface area contributed by atoms with Crippen molar-refractivity contribution < 1.29 is 0 Å². The van der Waals surface area contributed by atoms with Gasteiger partial charge in [0.1, 0.15) is 6.17 Å². The second-order valence-electron chi connectivity index (χ2n) is 6.58. The van der Waals surface area contributed by atoms with E-state index in [1.807, 2.05) is 29.4 Å². The van der Waals surface area contributed by atoms with Crippen LogP contribution in [0.4, 0.5) is 0 Å². The van der Waals surface area contributed by atoms with Crippen molar-refractivity contribution in [1.29, 1.82) is 5.26 Å². The lowest BCUT2D eigenvalue weighted by molar-refractivity contribution is 0.207. The van der Waals surface area contributed by atoms with Crippen LogP contribution in [-0.2, 0) is 12.8 Å². The fraction of sp³-hybridized carbons (Fsp3) is 0.318. The first-order chi connectivity index (χ1) is 13.3. The maximum absolute atomic E-state index is 8.85. The second kappa shape index (κ2) is 9.65. The van der Waals surface area contributed by atoms with Crippen LogP contribution in [0.25, 0.3) is 6.08 Å². The summed E-state index contributed by atoms with van der Waals surface area (Å²) in [5, 5.41) is 19.2. The fourth-order valence-electron chi connectivity index (χ4n) is 3.07. The van der Waals surface area contributed by atoms with E-state index in [1.54, 1.807) is 0 Å². The molecule has 0 amide bonds. The second-order valence-corrected chi connectivity index (χ2v) is 6.58. The lowest BCUT2D eigenvalue weighted by atomic mass is 10.0. The molecule has 1 N–H and O–H groups in total. The van der Waals surface area contributed by atoms with Crippen molar-refractivity contribution >= 4 is 6.08 Å². The minimum atomic E-state index is -0.0371. The third-order valence-corrected chi connectivity index (χ3v) is 4.58. The van der Waals surface area contributed by atoms with Gasteiger partial charge in [-0.1, -0.05) is 60.7 Å². The van der Waals surface area contributed by atoms with E-state index in [-0.39, 0.29) is 6.17 Å². The van der Waals surface area contributed by atoms with Crippen molar-refractivity contribution in [2.45, 2.75) is 38.8 Å². The molecule has 1 unspecified atom stereocenters. The van der Waals surface area contributed by atoms with Crippen LogP contribution in [0.15, 0.2) is 64.9 Å². The zero-order valence-corrected chi connectivity index (χ0v) is 15.7. The molecule has 1 heterocycles. The zero-order valence-electron chi connectivity index (χ0n) is 15.7. The lowest BCUT2D eigenvalue weighted by Gasteiger charge is -2.14. The van der Waals surface area contributed by atoms with Gasteiger partial charge in [0, 0.05) is 6.42 Å². The molecule has 0 radical (unpaired) electrons. The molecule has 5 nitrogen and oxygen atoms in total. The van der Waals surface area contributed by atoms with Gasteiger partial charge in [-0.15, -0.1) is 5.11 Å². The smallest absolute Gasteiger partial charge is 0.145 e. The Kier molecular flexibility index (Phi) is 6.72. The molecular weight excluding hydrogens is 334 g/mol. The van der Waals surface area contributed by atoms with Crippen LogP contribution in [0.1, 0.15) is 42.0 Å². The molecule has 0 aliphatic carbocycles. The van der Waals surface area contributed by atoms with Gasteiger partial charge in [0.05, 0.1) is 18.2 Å². The predicted octanol–water partition coefficient (Wildman–Crippen LogP) is 4.67.